The van der Waals surface area contributed by atoms with E-state index in [4.69, 9.17) is 15.6 Å². The van der Waals surface area contributed by atoms with E-state index in [-0.39, 0.29) is 30.5 Å². The Kier molecular flexibility index (Phi) is 8.61. The zero-order valence-corrected chi connectivity index (χ0v) is 26.4. The molecule has 1 aliphatic carbocycles. The van der Waals surface area contributed by atoms with E-state index in [1.807, 2.05) is 27.9 Å². The maximum atomic E-state index is 15.7. The van der Waals surface area contributed by atoms with Crippen LogP contribution in [0.15, 0.2) is 61.2 Å². The number of nitrogens with one attached hydrogen (secondary N) is 1. The number of nitrogens with two attached hydrogens (primary N) is 1. The average molecular weight is 653 g/mol. The van der Waals surface area contributed by atoms with Crippen molar-refractivity contribution in [3.63, 3.8) is 0 Å². The molecule has 3 aliphatic rings. The van der Waals surface area contributed by atoms with Gasteiger partial charge in [0.15, 0.2) is 24.1 Å². The number of hydrogen-bond acceptors (Lipinski definition) is 10. The number of anilines is 2. The third-order valence-corrected chi connectivity index (χ3v) is 9.34. The second kappa shape index (κ2) is 13.1. The Balaban J connectivity index is 0.997. The predicted molar refractivity (Wildman–Crippen MR) is 179 cm³/mol. The molecule has 12 nitrogen and oxygen atoms in total. The molecule has 3 fully saturated rings. The average Bonchev–Trinajstić information content (AvgIpc) is 3.84. The van der Waals surface area contributed by atoms with Crippen LogP contribution in [-0.4, -0.2) is 88.1 Å². The van der Waals surface area contributed by atoms with Crippen molar-refractivity contribution < 1.29 is 23.5 Å². The van der Waals surface area contributed by atoms with E-state index in [9.17, 15) is 14.4 Å². The molecule has 0 spiro atoms. The SMILES string of the molecule is N/C=C(/C(=O)Nc1cc2cn(C3CCN(CC4(F)CN(c5ccc(C=O)c(C=O)c5)C4)CC3)nc2cc1OCC1CC1)c1ncccn1. The second-order valence-corrected chi connectivity index (χ2v) is 12.9. The topological polar surface area (TPSA) is 149 Å². The minimum atomic E-state index is -1.35. The lowest BCUT2D eigenvalue weighted by Gasteiger charge is -2.48. The highest BCUT2D eigenvalue weighted by molar-refractivity contribution is 6.24. The molecule has 0 atom stereocenters. The number of carbonyl (C=O) groups excluding carboxylic acids is 3. The van der Waals surface area contributed by atoms with Crippen LogP contribution in [0.3, 0.4) is 0 Å². The van der Waals surface area contributed by atoms with E-state index >= 15 is 4.39 Å². The highest BCUT2D eigenvalue weighted by Gasteiger charge is 2.45. The van der Waals surface area contributed by atoms with E-state index < -0.39 is 11.6 Å². The lowest BCUT2D eigenvalue weighted by molar-refractivity contribution is -0.111. The van der Waals surface area contributed by atoms with Crippen molar-refractivity contribution in [3.8, 4) is 5.75 Å². The molecule has 4 heterocycles. The number of aromatic nitrogens is 4. The molecule has 0 unspecified atom stereocenters. The standard InChI is InChI=1S/C35H37FN8O4/c36-35(21-43(22-35)28-5-4-24(17-45)26(12-28)18-46)20-42-10-6-27(7-11-42)44-16-25-13-31(32(14-30(25)41-44)48-19-23-2-3-23)40-34(47)29(15-37)33-38-8-1-9-39-33/h1,4-5,8-9,12-18,23,27H,2-3,6-7,10-11,19-22,37H2,(H,40,47)/b29-15+. The summed E-state index contributed by atoms with van der Waals surface area (Å²) in [4.78, 5) is 48.1. The van der Waals surface area contributed by atoms with Crippen molar-refractivity contribution in [2.45, 2.75) is 37.4 Å². The summed E-state index contributed by atoms with van der Waals surface area (Å²) in [5, 5.41) is 8.68. The highest BCUT2D eigenvalue weighted by atomic mass is 19.1. The first-order chi connectivity index (χ1) is 23.3. The molecule has 248 valence electrons. The fourth-order valence-electron chi connectivity index (χ4n) is 6.48. The third-order valence-electron chi connectivity index (χ3n) is 9.34. The van der Waals surface area contributed by atoms with Gasteiger partial charge in [-0.15, -0.1) is 0 Å². The Labute approximate surface area is 276 Å². The molecule has 48 heavy (non-hydrogen) atoms. The predicted octanol–water partition coefficient (Wildman–Crippen LogP) is 4.04. The van der Waals surface area contributed by atoms with E-state index in [2.05, 4.69) is 20.2 Å². The van der Waals surface area contributed by atoms with Gasteiger partial charge in [-0.1, -0.05) is 0 Å². The first-order valence-corrected chi connectivity index (χ1v) is 16.2. The van der Waals surface area contributed by atoms with Crippen molar-refractivity contribution in [3.05, 3.63) is 78.1 Å². The molecule has 2 saturated heterocycles. The Hall–Kier alpha value is -5.17. The Morgan fingerprint density at radius 3 is 2.48 bits per heavy atom. The molecule has 0 bridgehead atoms. The monoisotopic (exact) mass is 652 g/mol. The Bertz CT molecular complexity index is 1860. The number of carbonyl (C=O) groups is 3. The van der Waals surface area contributed by atoms with Crippen LogP contribution in [0, 0.1) is 5.92 Å². The van der Waals surface area contributed by atoms with Crippen molar-refractivity contribution in [2.75, 3.05) is 49.5 Å². The summed E-state index contributed by atoms with van der Waals surface area (Å²) in [5.74, 6) is 0.838. The second-order valence-electron chi connectivity index (χ2n) is 12.9. The van der Waals surface area contributed by atoms with E-state index in [1.54, 1.807) is 36.7 Å². The maximum Gasteiger partial charge on any atom is 0.261 e. The number of ether oxygens (including phenoxy) is 1. The van der Waals surface area contributed by atoms with Crippen molar-refractivity contribution in [2.24, 2.45) is 11.7 Å². The molecule has 13 heteroatoms. The first-order valence-electron chi connectivity index (χ1n) is 16.2. The summed E-state index contributed by atoms with van der Waals surface area (Å²) in [6.45, 7) is 2.85. The van der Waals surface area contributed by atoms with Crippen molar-refractivity contribution >= 4 is 46.3 Å². The summed E-state index contributed by atoms with van der Waals surface area (Å²) >= 11 is 0. The van der Waals surface area contributed by atoms with Crippen LogP contribution in [-0.2, 0) is 4.79 Å². The van der Waals surface area contributed by atoms with Crippen LogP contribution in [0.4, 0.5) is 15.8 Å². The lowest BCUT2D eigenvalue weighted by Crippen LogP contribution is -2.64. The summed E-state index contributed by atoms with van der Waals surface area (Å²) in [6, 6.07) is 10.5. The molecule has 3 N–H and O–H groups in total. The van der Waals surface area contributed by atoms with E-state index in [0.29, 0.717) is 54.2 Å². The summed E-state index contributed by atoms with van der Waals surface area (Å²) in [7, 11) is 0. The number of aldehydes is 2. The highest BCUT2D eigenvalue weighted by Crippen LogP contribution is 2.37. The number of rotatable bonds is 12. The van der Waals surface area contributed by atoms with Gasteiger partial charge in [-0.2, -0.15) is 5.10 Å². The van der Waals surface area contributed by atoms with Crippen molar-refractivity contribution in [1.29, 1.82) is 0 Å². The molecule has 4 aromatic rings. The normalized spacial score (nSPS) is 18.4. The first kappa shape index (κ1) is 31.4. The summed E-state index contributed by atoms with van der Waals surface area (Å²) in [6.07, 6.45) is 11.5. The summed E-state index contributed by atoms with van der Waals surface area (Å²) < 4.78 is 23.8. The van der Waals surface area contributed by atoms with Crippen LogP contribution >= 0.6 is 0 Å². The number of alkyl halides is 1. The number of likely N-dealkylation sites (tertiary alicyclic amines) is 1. The zero-order chi connectivity index (χ0) is 33.3. The smallest absolute Gasteiger partial charge is 0.261 e. The molecular formula is C35H37FN8O4. The summed E-state index contributed by atoms with van der Waals surface area (Å²) in [5.41, 5.74) is 7.25. The number of halogens is 1. The van der Waals surface area contributed by atoms with Crippen LogP contribution in [0.25, 0.3) is 16.5 Å². The number of amides is 1. The van der Waals surface area contributed by atoms with Gasteiger partial charge in [0, 0.05) is 72.7 Å². The van der Waals surface area contributed by atoms with Gasteiger partial charge < -0.3 is 20.7 Å². The molecular weight excluding hydrogens is 615 g/mol. The fourth-order valence-corrected chi connectivity index (χ4v) is 6.48. The number of nitrogens with zero attached hydrogens (tertiary/aromatic N) is 6. The maximum absolute atomic E-state index is 15.7. The van der Waals surface area contributed by atoms with Gasteiger partial charge in [0.1, 0.15) is 5.75 Å². The molecule has 2 aliphatic heterocycles. The lowest BCUT2D eigenvalue weighted by atomic mass is 9.92. The van der Waals surface area contributed by atoms with Crippen LogP contribution in [0.1, 0.15) is 58.3 Å². The van der Waals surface area contributed by atoms with Gasteiger partial charge in [-0.05, 0) is 61.9 Å². The molecule has 0 radical (unpaired) electrons. The van der Waals surface area contributed by atoms with Gasteiger partial charge >= 0.3 is 0 Å². The Morgan fingerprint density at radius 1 is 1.04 bits per heavy atom. The largest absolute Gasteiger partial charge is 0.491 e. The number of fused-ring (bicyclic) bond motifs is 1. The van der Waals surface area contributed by atoms with Crippen LogP contribution in [0.2, 0.25) is 0 Å². The van der Waals surface area contributed by atoms with Gasteiger partial charge in [0.05, 0.1) is 42.5 Å². The van der Waals surface area contributed by atoms with Gasteiger partial charge in [0.25, 0.3) is 5.91 Å². The van der Waals surface area contributed by atoms with Crippen LogP contribution in [0.5, 0.6) is 5.75 Å². The van der Waals surface area contributed by atoms with Crippen molar-refractivity contribution in [1.82, 2.24) is 24.6 Å². The zero-order valence-electron chi connectivity index (χ0n) is 26.4. The van der Waals surface area contributed by atoms with Crippen LogP contribution < -0.4 is 20.7 Å². The molecule has 1 amide bonds. The molecule has 2 aromatic carbocycles. The molecule has 2 aromatic heterocycles. The molecule has 7 rings (SSSR count). The number of piperidine rings is 1. The minimum Gasteiger partial charge on any atom is -0.491 e. The van der Waals surface area contributed by atoms with E-state index in [1.165, 1.54) is 6.20 Å². The molecule has 1 saturated carbocycles. The third kappa shape index (κ3) is 6.63. The van der Waals surface area contributed by atoms with Gasteiger partial charge in [-0.25, -0.2) is 14.4 Å². The quantitative estimate of drug-likeness (QED) is 0.170. The van der Waals surface area contributed by atoms with Gasteiger partial charge in [-0.3, -0.25) is 24.0 Å². The number of benzene rings is 2. The van der Waals surface area contributed by atoms with Gasteiger partial charge in [0.2, 0.25) is 0 Å². The number of hydrogen-bond donors (Lipinski definition) is 2. The Morgan fingerprint density at radius 2 is 1.79 bits per heavy atom. The van der Waals surface area contributed by atoms with E-state index in [0.717, 1.165) is 55.4 Å². The fraction of sp³-hybridized carbons (Fsp3) is 0.371. The minimum absolute atomic E-state index is 0.149.